The molecule has 0 spiro atoms. The third-order valence-corrected chi connectivity index (χ3v) is 4.92. The standard InChI is InChI=1S/C21H24F2N2O/c22-19-6-3-4-17(13-19)12-16-8-10-25(11-9-16)15-21(26)24-14-18-5-1-2-7-20(18)23/h1-7,13,16H,8-12,14-15H2,(H,24,26). The van der Waals surface area contributed by atoms with Gasteiger partial charge in [0.25, 0.3) is 0 Å². The largest absolute Gasteiger partial charge is 0.351 e. The van der Waals surface area contributed by atoms with Crippen molar-refractivity contribution in [3.63, 3.8) is 0 Å². The number of amides is 1. The lowest BCUT2D eigenvalue weighted by Gasteiger charge is -2.31. The fourth-order valence-corrected chi connectivity index (χ4v) is 3.44. The van der Waals surface area contributed by atoms with Crippen LogP contribution in [0.4, 0.5) is 8.78 Å². The zero-order valence-electron chi connectivity index (χ0n) is 14.8. The first kappa shape index (κ1) is 18.5. The third kappa shape index (κ3) is 5.36. The van der Waals surface area contributed by atoms with E-state index in [1.807, 2.05) is 6.07 Å². The molecule has 3 nitrogen and oxygen atoms in total. The van der Waals surface area contributed by atoms with Gasteiger partial charge in [-0.25, -0.2) is 8.78 Å². The average Bonchev–Trinajstić information content (AvgIpc) is 2.63. The van der Waals surface area contributed by atoms with Crippen molar-refractivity contribution in [2.45, 2.75) is 25.8 Å². The Morgan fingerprint density at radius 2 is 1.85 bits per heavy atom. The number of likely N-dealkylation sites (tertiary alicyclic amines) is 1. The minimum Gasteiger partial charge on any atom is -0.351 e. The Bertz CT molecular complexity index is 742. The number of halogens is 2. The summed E-state index contributed by atoms with van der Waals surface area (Å²) >= 11 is 0. The maximum absolute atomic E-state index is 13.6. The molecule has 0 unspecified atom stereocenters. The summed E-state index contributed by atoms with van der Waals surface area (Å²) in [7, 11) is 0. The highest BCUT2D eigenvalue weighted by Gasteiger charge is 2.21. The summed E-state index contributed by atoms with van der Waals surface area (Å²) in [6, 6.07) is 13.2. The van der Waals surface area contributed by atoms with Crippen molar-refractivity contribution in [1.29, 1.82) is 0 Å². The number of hydrogen-bond donors (Lipinski definition) is 1. The minimum absolute atomic E-state index is 0.0863. The van der Waals surface area contributed by atoms with Gasteiger partial charge in [-0.2, -0.15) is 0 Å². The summed E-state index contributed by atoms with van der Waals surface area (Å²) in [5.74, 6) is -0.0521. The van der Waals surface area contributed by atoms with E-state index in [1.54, 1.807) is 30.3 Å². The molecule has 5 heteroatoms. The molecule has 0 aliphatic carbocycles. The van der Waals surface area contributed by atoms with E-state index in [0.29, 0.717) is 18.0 Å². The molecule has 138 valence electrons. The van der Waals surface area contributed by atoms with Crippen LogP contribution in [0, 0.1) is 17.6 Å². The van der Waals surface area contributed by atoms with E-state index in [2.05, 4.69) is 10.2 Å². The van der Waals surface area contributed by atoms with Gasteiger partial charge in [0.05, 0.1) is 6.54 Å². The van der Waals surface area contributed by atoms with E-state index in [9.17, 15) is 13.6 Å². The van der Waals surface area contributed by atoms with Crippen LogP contribution in [-0.2, 0) is 17.8 Å². The third-order valence-electron chi connectivity index (χ3n) is 4.92. The summed E-state index contributed by atoms with van der Waals surface area (Å²) in [5.41, 5.74) is 1.53. The van der Waals surface area contributed by atoms with Gasteiger partial charge in [0.2, 0.25) is 5.91 Å². The number of carbonyl (C=O) groups excluding carboxylic acids is 1. The van der Waals surface area contributed by atoms with Crippen LogP contribution in [-0.4, -0.2) is 30.4 Å². The Labute approximate surface area is 153 Å². The summed E-state index contributed by atoms with van der Waals surface area (Å²) in [4.78, 5) is 14.2. The van der Waals surface area contributed by atoms with Crippen LogP contribution in [0.3, 0.4) is 0 Å². The highest BCUT2D eigenvalue weighted by Crippen LogP contribution is 2.21. The van der Waals surface area contributed by atoms with Crippen LogP contribution >= 0.6 is 0 Å². The van der Waals surface area contributed by atoms with Crippen molar-refractivity contribution in [1.82, 2.24) is 10.2 Å². The summed E-state index contributed by atoms with van der Waals surface area (Å²) < 4.78 is 26.8. The van der Waals surface area contributed by atoms with Crippen LogP contribution in [0.1, 0.15) is 24.0 Å². The maximum atomic E-state index is 13.6. The van der Waals surface area contributed by atoms with Crippen LogP contribution in [0.25, 0.3) is 0 Å². The number of nitrogens with zero attached hydrogens (tertiary/aromatic N) is 1. The summed E-state index contributed by atoms with van der Waals surface area (Å²) in [6.07, 6.45) is 2.87. The van der Waals surface area contributed by atoms with Gasteiger partial charge in [-0.1, -0.05) is 30.3 Å². The van der Waals surface area contributed by atoms with E-state index in [4.69, 9.17) is 0 Å². The van der Waals surface area contributed by atoms with Crippen molar-refractivity contribution in [2.24, 2.45) is 5.92 Å². The van der Waals surface area contributed by atoms with E-state index >= 15 is 0 Å². The van der Waals surface area contributed by atoms with Crippen molar-refractivity contribution < 1.29 is 13.6 Å². The van der Waals surface area contributed by atoms with Crippen molar-refractivity contribution in [3.05, 3.63) is 71.3 Å². The molecule has 1 N–H and O–H groups in total. The second-order valence-electron chi connectivity index (χ2n) is 6.92. The predicted molar refractivity (Wildman–Crippen MR) is 97.5 cm³/mol. The molecule has 1 fully saturated rings. The number of nitrogens with one attached hydrogen (secondary N) is 1. The van der Waals surface area contributed by atoms with Crippen molar-refractivity contribution >= 4 is 5.91 Å². The molecule has 1 saturated heterocycles. The van der Waals surface area contributed by atoms with Crippen LogP contribution in [0.15, 0.2) is 48.5 Å². The molecule has 0 saturated carbocycles. The monoisotopic (exact) mass is 358 g/mol. The van der Waals surface area contributed by atoms with Crippen molar-refractivity contribution in [3.8, 4) is 0 Å². The molecule has 1 aliphatic heterocycles. The maximum Gasteiger partial charge on any atom is 0.234 e. The second kappa shape index (κ2) is 8.90. The molecule has 0 radical (unpaired) electrons. The number of rotatable bonds is 6. The first-order valence-corrected chi connectivity index (χ1v) is 9.07. The van der Waals surface area contributed by atoms with Gasteiger partial charge < -0.3 is 5.32 Å². The molecule has 1 amide bonds. The summed E-state index contributed by atoms with van der Waals surface area (Å²) in [6.45, 7) is 2.25. The SMILES string of the molecule is O=C(CN1CCC(Cc2cccc(F)c2)CC1)NCc1ccccc1F. The second-order valence-corrected chi connectivity index (χ2v) is 6.92. The minimum atomic E-state index is -0.300. The lowest BCUT2D eigenvalue weighted by atomic mass is 9.90. The molecule has 1 heterocycles. The molecule has 0 atom stereocenters. The van der Waals surface area contributed by atoms with Crippen LogP contribution in [0.5, 0.6) is 0 Å². The molecule has 0 aromatic heterocycles. The average molecular weight is 358 g/mol. The molecule has 2 aromatic carbocycles. The lowest BCUT2D eigenvalue weighted by molar-refractivity contribution is -0.122. The highest BCUT2D eigenvalue weighted by molar-refractivity contribution is 5.78. The number of benzene rings is 2. The predicted octanol–water partition coefficient (Wildman–Crippen LogP) is 3.54. The van der Waals surface area contributed by atoms with E-state index in [-0.39, 0.29) is 24.1 Å². The van der Waals surface area contributed by atoms with Crippen LogP contribution in [0.2, 0.25) is 0 Å². The topological polar surface area (TPSA) is 32.3 Å². The Morgan fingerprint density at radius 3 is 2.58 bits per heavy atom. The molecule has 2 aromatic rings. The normalized spacial score (nSPS) is 15.8. The number of hydrogen-bond acceptors (Lipinski definition) is 2. The molecular formula is C21H24F2N2O. The Balaban J connectivity index is 1.39. The fraction of sp³-hybridized carbons (Fsp3) is 0.381. The van der Waals surface area contributed by atoms with Gasteiger partial charge in [0.1, 0.15) is 11.6 Å². The van der Waals surface area contributed by atoms with E-state index < -0.39 is 0 Å². The van der Waals surface area contributed by atoms with Crippen molar-refractivity contribution in [2.75, 3.05) is 19.6 Å². The number of carbonyl (C=O) groups is 1. The van der Waals surface area contributed by atoms with Gasteiger partial charge in [0, 0.05) is 12.1 Å². The van der Waals surface area contributed by atoms with E-state index in [1.165, 1.54) is 12.1 Å². The lowest BCUT2D eigenvalue weighted by Crippen LogP contribution is -2.41. The quantitative estimate of drug-likeness (QED) is 0.857. The van der Waals surface area contributed by atoms with E-state index in [0.717, 1.165) is 37.9 Å². The Kier molecular flexibility index (Phi) is 6.34. The molecule has 1 aliphatic rings. The van der Waals surface area contributed by atoms with Gasteiger partial charge >= 0.3 is 0 Å². The molecule has 0 bridgehead atoms. The highest BCUT2D eigenvalue weighted by atomic mass is 19.1. The van der Waals surface area contributed by atoms with Gasteiger partial charge in [0.15, 0.2) is 0 Å². The fourth-order valence-electron chi connectivity index (χ4n) is 3.44. The first-order valence-electron chi connectivity index (χ1n) is 9.07. The van der Waals surface area contributed by atoms with Gasteiger partial charge in [-0.05, 0) is 62.0 Å². The molecule has 26 heavy (non-hydrogen) atoms. The summed E-state index contributed by atoms with van der Waals surface area (Å²) in [5, 5.41) is 2.78. The molecular weight excluding hydrogens is 334 g/mol. The van der Waals surface area contributed by atoms with Gasteiger partial charge in [-0.3, -0.25) is 9.69 Å². The number of piperidine rings is 1. The van der Waals surface area contributed by atoms with Gasteiger partial charge in [-0.15, -0.1) is 0 Å². The smallest absolute Gasteiger partial charge is 0.234 e. The van der Waals surface area contributed by atoms with Crippen LogP contribution < -0.4 is 5.32 Å². The molecule has 3 rings (SSSR count). The first-order chi connectivity index (χ1) is 12.6. The Hall–Kier alpha value is -2.27. The Morgan fingerprint density at radius 1 is 1.08 bits per heavy atom. The zero-order chi connectivity index (χ0) is 18.4. The zero-order valence-corrected chi connectivity index (χ0v) is 14.8.